The molecule has 7 nitrogen and oxygen atoms in total. The van der Waals surface area contributed by atoms with Crippen molar-refractivity contribution < 1.29 is 18.8 Å². The van der Waals surface area contributed by atoms with Crippen molar-refractivity contribution in [3.63, 3.8) is 0 Å². The van der Waals surface area contributed by atoms with Gasteiger partial charge in [0.25, 0.3) is 11.6 Å². The quantitative estimate of drug-likeness (QED) is 0.502. The number of halogens is 1. The second kappa shape index (κ2) is 8.02. The molecule has 156 valence electrons. The molecule has 0 saturated heterocycles. The molecule has 0 saturated carbocycles. The lowest BCUT2D eigenvalue weighted by molar-refractivity contribution is -0.0170. The minimum atomic E-state index is -0.267. The minimum Gasteiger partial charge on any atom is -0.467 e. The van der Waals surface area contributed by atoms with Gasteiger partial charge in [0.15, 0.2) is 6.79 Å². The third-order valence-corrected chi connectivity index (χ3v) is 5.34. The molecule has 2 aromatic heterocycles. The molecule has 0 radical (unpaired) electrons. The molecule has 0 aliphatic carbocycles. The van der Waals surface area contributed by atoms with E-state index in [-0.39, 0.29) is 19.2 Å². The zero-order valence-corrected chi connectivity index (χ0v) is 17.4. The Morgan fingerprint density at radius 3 is 2.87 bits per heavy atom. The molecule has 4 aromatic rings. The third-order valence-electron chi connectivity index (χ3n) is 5.12. The molecule has 0 bridgehead atoms. The van der Waals surface area contributed by atoms with Crippen LogP contribution in [0.4, 0.5) is 0 Å². The van der Waals surface area contributed by atoms with Crippen LogP contribution in [0.5, 0.6) is 5.75 Å². The van der Waals surface area contributed by atoms with Crippen LogP contribution in [0.25, 0.3) is 22.4 Å². The standard InChI is InChI=1S/C23H18ClN3O4/c1-13-20-18(9-19(26-23(20)31-27-13)14-5-3-2-4-6-14)22(28)25-10-15-7-17(24)8-16-11-29-12-30-21(15)16/h2-9H,10-12H2,1H3,(H,25,28). The fraction of sp³-hybridized carbons (Fsp3) is 0.174. The number of carbonyl (C=O) groups is 1. The Balaban J connectivity index is 1.49. The summed E-state index contributed by atoms with van der Waals surface area (Å²) in [6.07, 6.45) is 0. The van der Waals surface area contributed by atoms with E-state index in [9.17, 15) is 4.79 Å². The lowest BCUT2D eigenvalue weighted by Crippen LogP contribution is -2.24. The zero-order chi connectivity index (χ0) is 21.4. The van der Waals surface area contributed by atoms with Gasteiger partial charge in [0.1, 0.15) is 5.75 Å². The van der Waals surface area contributed by atoms with Crippen molar-refractivity contribution in [1.82, 2.24) is 15.5 Å². The number of aromatic nitrogens is 2. The lowest BCUT2D eigenvalue weighted by Gasteiger charge is -2.21. The Kier molecular flexibility index (Phi) is 5.05. The number of aryl methyl sites for hydroxylation is 1. The Morgan fingerprint density at radius 2 is 2.03 bits per heavy atom. The van der Waals surface area contributed by atoms with Gasteiger partial charge in [0, 0.05) is 28.3 Å². The molecular weight excluding hydrogens is 418 g/mol. The number of ether oxygens (including phenoxy) is 2. The van der Waals surface area contributed by atoms with Gasteiger partial charge in [-0.1, -0.05) is 47.1 Å². The fourth-order valence-corrected chi connectivity index (χ4v) is 3.95. The number of fused-ring (bicyclic) bond motifs is 2. The summed E-state index contributed by atoms with van der Waals surface area (Å²) >= 11 is 6.23. The van der Waals surface area contributed by atoms with Crippen LogP contribution in [0.3, 0.4) is 0 Å². The van der Waals surface area contributed by atoms with Crippen LogP contribution in [-0.2, 0) is 17.9 Å². The van der Waals surface area contributed by atoms with Crippen LogP contribution in [-0.4, -0.2) is 22.8 Å². The van der Waals surface area contributed by atoms with Gasteiger partial charge in [-0.25, -0.2) is 4.98 Å². The summed E-state index contributed by atoms with van der Waals surface area (Å²) in [5.74, 6) is 0.429. The number of nitrogens with one attached hydrogen (secondary N) is 1. The van der Waals surface area contributed by atoms with Gasteiger partial charge in [0.2, 0.25) is 0 Å². The minimum absolute atomic E-state index is 0.168. The van der Waals surface area contributed by atoms with Crippen molar-refractivity contribution in [2.45, 2.75) is 20.1 Å². The Labute approximate surface area is 182 Å². The maximum absolute atomic E-state index is 13.2. The Bertz CT molecular complexity index is 1290. The second-order valence-electron chi connectivity index (χ2n) is 7.22. The molecule has 1 aliphatic heterocycles. The van der Waals surface area contributed by atoms with Gasteiger partial charge in [0.05, 0.1) is 28.9 Å². The highest BCUT2D eigenvalue weighted by Gasteiger charge is 2.21. The zero-order valence-electron chi connectivity index (χ0n) is 16.6. The van der Waals surface area contributed by atoms with Crippen molar-refractivity contribution in [3.05, 3.63) is 75.9 Å². The van der Waals surface area contributed by atoms with Gasteiger partial charge in [-0.15, -0.1) is 0 Å². The first-order valence-corrected chi connectivity index (χ1v) is 10.1. The fourth-order valence-electron chi connectivity index (χ4n) is 3.69. The van der Waals surface area contributed by atoms with Crippen molar-refractivity contribution in [2.24, 2.45) is 0 Å². The molecule has 0 fully saturated rings. The molecule has 0 spiro atoms. The van der Waals surface area contributed by atoms with E-state index in [1.54, 1.807) is 25.1 Å². The maximum Gasteiger partial charge on any atom is 0.259 e. The van der Waals surface area contributed by atoms with Crippen LogP contribution in [0.15, 0.2) is 53.1 Å². The van der Waals surface area contributed by atoms with Gasteiger partial charge in [-0.05, 0) is 25.1 Å². The molecule has 0 unspecified atom stereocenters. The SMILES string of the molecule is Cc1noc2nc(-c3ccccc3)cc(C(=O)NCc3cc(Cl)cc4c3OCOC4)c12. The van der Waals surface area contributed by atoms with E-state index >= 15 is 0 Å². The molecule has 8 heteroatoms. The first-order valence-electron chi connectivity index (χ1n) is 9.72. The van der Waals surface area contributed by atoms with E-state index in [0.29, 0.717) is 45.4 Å². The summed E-state index contributed by atoms with van der Waals surface area (Å²) in [5, 5.41) is 8.11. The maximum atomic E-state index is 13.2. The van der Waals surface area contributed by atoms with Crippen LogP contribution >= 0.6 is 11.6 Å². The number of nitrogens with zero attached hydrogens (tertiary/aromatic N) is 2. The molecule has 1 aliphatic rings. The lowest BCUT2D eigenvalue weighted by atomic mass is 10.0. The van der Waals surface area contributed by atoms with Crippen LogP contribution < -0.4 is 10.1 Å². The topological polar surface area (TPSA) is 86.5 Å². The largest absolute Gasteiger partial charge is 0.467 e. The smallest absolute Gasteiger partial charge is 0.259 e. The van der Waals surface area contributed by atoms with E-state index in [1.165, 1.54) is 0 Å². The average Bonchev–Trinajstić information content (AvgIpc) is 3.18. The van der Waals surface area contributed by atoms with Crippen molar-refractivity contribution in [1.29, 1.82) is 0 Å². The highest BCUT2D eigenvalue weighted by atomic mass is 35.5. The van der Waals surface area contributed by atoms with Crippen molar-refractivity contribution >= 4 is 28.6 Å². The van der Waals surface area contributed by atoms with E-state index in [0.717, 1.165) is 16.7 Å². The Morgan fingerprint density at radius 1 is 1.19 bits per heavy atom. The summed E-state index contributed by atoms with van der Waals surface area (Å²) in [6, 6.07) is 15.0. The average molecular weight is 436 g/mol. The summed E-state index contributed by atoms with van der Waals surface area (Å²) in [7, 11) is 0. The molecule has 2 aromatic carbocycles. The molecule has 1 N–H and O–H groups in total. The number of benzene rings is 2. The number of rotatable bonds is 4. The Hall–Kier alpha value is -3.42. The summed E-state index contributed by atoms with van der Waals surface area (Å²) in [4.78, 5) is 17.7. The van der Waals surface area contributed by atoms with Gasteiger partial charge in [-0.3, -0.25) is 4.79 Å². The van der Waals surface area contributed by atoms with Crippen molar-refractivity contribution in [3.8, 4) is 17.0 Å². The molecular formula is C23H18ClN3O4. The molecule has 3 heterocycles. The number of hydrogen-bond acceptors (Lipinski definition) is 6. The van der Waals surface area contributed by atoms with E-state index in [4.69, 9.17) is 25.6 Å². The monoisotopic (exact) mass is 435 g/mol. The molecule has 5 rings (SSSR count). The van der Waals surface area contributed by atoms with Crippen molar-refractivity contribution in [2.75, 3.05) is 6.79 Å². The highest BCUT2D eigenvalue weighted by molar-refractivity contribution is 6.30. The number of pyridine rings is 1. The normalized spacial score (nSPS) is 13.0. The molecule has 0 atom stereocenters. The summed E-state index contributed by atoms with van der Waals surface area (Å²) < 4.78 is 16.3. The summed E-state index contributed by atoms with van der Waals surface area (Å²) in [6.45, 7) is 2.62. The van der Waals surface area contributed by atoms with Crippen LogP contribution in [0.2, 0.25) is 5.02 Å². The highest BCUT2D eigenvalue weighted by Crippen LogP contribution is 2.32. The first kappa shape index (κ1) is 19.5. The number of hydrogen-bond donors (Lipinski definition) is 1. The van der Waals surface area contributed by atoms with Crippen LogP contribution in [0.1, 0.15) is 27.2 Å². The molecule has 1 amide bonds. The molecule has 31 heavy (non-hydrogen) atoms. The van der Waals surface area contributed by atoms with Gasteiger partial charge >= 0.3 is 0 Å². The predicted molar refractivity (Wildman–Crippen MR) is 115 cm³/mol. The second-order valence-corrected chi connectivity index (χ2v) is 7.65. The van der Waals surface area contributed by atoms with Gasteiger partial charge in [-0.2, -0.15) is 0 Å². The van der Waals surface area contributed by atoms with Crippen LogP contribution in [0, 0.1) is 6.92 Å². The predicted octanol–water partition coefficient (Wildman–Crippen LogP) is 4.65. The third kappa shape index (κ3) is 3.73. The van der Waals surface area contributed by atoms with E-state index in [1.807, 2.05) is 30.3 Å². The number of carbonyl (C=O) groups excluding carboxylic acids is 1. The van der Waals surface area contributed by atoms with Gasteiger partial charge < -0.3 is 19.3 Å². The summed E-state index contributed by atoms with van der Waals surface area (Å²) in [5.41, 5.74) is 4.53. The first-order chi connectivity index (χ1) is 15.1. The van der Waals surface area contributed by atoms with E-state index < -0.39 is 0 Å². The number of amides is 1. The van der Waals surface area contributed by atoms with E-state index in [2.05, 4.69) is 15.5 Å².